The third-order valence-corrected chi connectivity index (χ3v) is 6.21. The average Bonchev–Trinajstić information content (AvgIpc) is 3.00. The van der Waals surface area contributed by atoms with Gasteiger partial charge in [-0.25, -0.2) is 4.79 Å². The van der Waals surface area contributed by atoms with E-state index in [9.17, 15) is 9.59 Å². The highest BCUT2D eigenvalue weighted by Crippen LogP contribution is 2.29. The predicted molar refractivity (Wildman–Crippen MR) is 145 cm³/mol. The Balaban J connectivity index is 1.61. The predicted octanol–water partition coefficient (Wildman–Crippen LogP) is 5.55. The number of aliphatic imine (C=N–C) groups is 1. The van der Waals surface area contributed by atoms with Crippen LogP contribution in [0.5, 0.6) is 0 Å². The summed E-state index contributed by atoms with van der Waals surface area (Å²) in [5.74, 6) is -0.226. The first-order valence-corrected chi connectivity index (χ1v) is 12.3. The van der Waals surface area contributed by atoms with E-state index in [2.05, 4.69) is 16.0 Å². The topological polar surface area (TPSA) is 91.8 Å². The number of nitrogens with zero attached hydrogens (tertiary/aromatic N) is 1. The maximum atomic E-state index is 13.1. The fraction of sp³-hybridized carbons (Fsp3) is 0.222. The van der Waals surface area contributed by atoms with Crippen molar-refractivity contribution in [1.82, 2.24) is 5.32 Å². The molecule has 0 fully saturated rings. The summed E-state index contributed by atoms with van der Waals surface area (Å²) < 4.78 is 5.22. The Kier molecular flexibility index (Phi) is 8.59. The van der Waals surface area contributed by atoms with Gasteiger partial charge in [-0.3, -0.25) is 9.79 Å². The number of rotatable bonds is 8. The number of benzene rings is 3. The van der Waals surface area contributed by atoms with Crippen LogP contribution in [-0.4, -0.2) is 43.5 Å². The van der Waals surface area contributed by atoms with Crippen LogP contribution in [0.4, 0.5) is 16.2 Å². The molecular formula is C27H26Cl2N4O3. The Bertz CT molecular complexity index is 1280. The highest BCUT2D eigenvalue weighted by molar-refractivity contribution is 6.32. The minimum absolute atomic E-state index is 0.226. The van der Waals surface area contributed by atoms with Crippen LogP contribution in [0.2, 0.25) is 10.0 Å². The molecule has 3 aromatic carbocycles. The molecule has 0 saturated carbocycles. The number of ether oxygens (including phenoxy) is 1. The Hall–Kier alpha value is -3.39. The van der Waals surface area contributed by atoms with Crippen molar-refractivity contribution in [1.29, 1.82) is 0 Å². The van der Waals surface area contributed by atoms with Crippen molar-refractivity contribution in [2.45, 2.75) is 19.4 Å². The van der Waals surface area contributed by atoms with Gasteiger partial charge in [0, 0.05) is 46.4 Å². The van der Waals surface area contributed by atoms with Crippen LogP contribution in [0.15, 0.2) is 71.7 Å². The normalized spacial score (nSPS) is 14.8. The number of hydrogen-bond acceptors (Lipinski definition) is 4. The summed E-state index contributed by atoms with van der Waals surface area (Å²) in [6.07, 6.45) is 0.346. The first-order valence-electron chi connectivity index (χ1n) is 11.6. The third-order valence-electron chi connectivity index (χ3n) is 5.61. The number of hydrogen-bond donors (Lipinski definition) is 3. The SMILES string of the molecule is CCOCCNC(=O)Nc1ccc(C2=NC(Cc3ccccc3Cl)C(=O)Nc3ccc(Cl)cc32)cc1. The van der Waals surface area contributed by atoms with Gasteiger partial charge in [-0.1, -0.05) is 53.5 Å². The van der Waals surface area contributed by atoms with E-state index < -0.39 is 6.04 Å². The van der Waals surface area contributed by atoms with Crippen LogP contribution in [0.1, 0.15) is 23.6 Å². The summed E-state index contributed by atoms with van der Waals surface area (Å²) in [5, 5.41) is 9.63. The Morgan fingerprint density at radius 2 is 1.86 bits per heavy atom. The molecular weight excluding hydrogens is 499 g/mol. The second kappa shape index (κ2) is 12.0. The van der Waals surface area contributed by atoms with Crippen molar-refractivity contribution in [2.75, 3.05) is 30.4 Å². The number of benzodiazepines with no additional fused rings is 1. The number of anilines is 2. The van der Waals surface area contributed by atoms with Crippen molar-refractivity contribution in [3.05, 3.63) is 93.5 Å². The number of halogens is 2. The van der Waals surface area contributed by atoms with E-state index in [1.165, 1.54) is 0 Å². The summed E-state index contributed by atoms with van der Waals surface area (Å²) in [5.41, 5.74) is 4.20. The summed E-state index contributed by atoms with van der Waals surface area (Å²) in [7, 11) is 0. The summed E-state index contributed by atoms with van der Waals surface area (Å²) in [4.78, 5) is 30.1. The van der Waals surface area contributed by atoms with E-state index in [0.29, 0.717) is 58.9 Å². The van der Waals surface area contributed by atoms with Gasteiger partial charge < -0.3 is 20.7 Å². The van der Waals surface area contributed by atoms with Gasteiger partial charge >= 0.3 is 6.03 Å². The van der Waals surface area contributed by atoms with Crippen LogP contribution in [0.3, 0.4) is 0 Å². The van der Waals surface area contributed by atoms with Crippen LogP contribution in [0.25, 0.3) is 0 Å². The van der Waals surface area contributed by atoms with Crippen LogP contribution >= 0.6 is 23.2 Å². The minimum Gasteiger partial charge on any atom is -0.380 e. The Morgan fingerprint density at radius 1 is 1.08 bits per heavy atom. The highest BCUT2D eigenvalue weighted by Gasteiger charge is 2.27. The number of carbonyl (C=O) groups excluding carboxylic acids is 2. The number of fused-ring (bicyclic) bond motifs is 1. The van der Waals surface area contributed by atoms with Gasteiger partial charge in [0.2, 0.25) is 5.91 Å². The molecule has 186 valence electrons. The molecule has 1 heterocycles. The molecule has 1 aliphatic rings. The monoisotopic (exact) mass is 524 g/mol. The molecule has 9 heteroatoms. The zero-order valence-electron chi connectivity index (χ0n) is 19.7. The lowest BCUT2D eigenvalue weighted by atomic mass is 10.00. The van der Waals surface area contributed by atoms with Crippen molar-refractivity contribution in [2.24, 2.45) is 4.99 Å². The lowest BCUT2D eigenvalue weighted by Gasteiger charge is -2.13. The summed E-state index contributed by atoms with van der Waals surface area (Å²) in [6.45, 7) is 3.37. The quantitative estimate of drug-likeness (QED) is 0.337. The number of nitrogens with one attached hydrogen (secondary N) is 3. The third kappa shape index (κ3) is 6.43. The standard InChI is InChI=1S/C27H26Cl2N4O3/c1-2-36-14-13-30-27(35)31-20-10-7-17(8-11-20)25-21-16-19(28)9-12-23(21)33-26(34)24(32-25)15-18-5-3-4-6-22(18)29/h3-12,16,24H,2,13-15H2,1H3,(H,33,34)(H2,30,31,35). The van der Waals surface area contributed by atoms with E-state index >= 15 is 0 Å². The van der Waals surface area contributed by atoms with Gasteiger partial charge in [0.05, 0.1) is 18.0 Å². The molecule has 1 atom stereocenters. The first-order chi connectivity index (χ1) is 17.4. The Morgan fingerprint density at radius 3 is 2.61 bits per heavy atom. The molecule has 3 aromatic rings. The van der Waals surface area contributed by atoms with Crippen LogP contribution in [-0.2, 0) is 16.0 Å². The van der Waals surface area contributed by atoms with Gasteiger partial charge in [0.25, 0.3) is 0 Å². The molecule has 0 saturated heterocycles. The lowest BCUT2D eigenvalue weighted by Crippen LogP contribution is -2.31. The van der Waals surface area contributed by atoms with Gasteiger partial charge in [0.15, 0.2) is 0 Å². The zero-order chi connectivity index (χ0) is 25.5. The van der Waals surface area contributed by atoms with Crippen molar-refractivity contribution in [3.8, 4) is 0 Å². The van der Waals surface area contributed by atoms with Crippen LogP contribution < -0.4 is 16.0 Å². The highest BCUT2D eigenvalue weighted by atomic mass is 35.5. The van der Waals surface area contributed by atoms with Crippen LogP contribution in [0, 0.1) is 0 Å². The average molecular weight is 525 g/mol. The van der Waals surface area contributed by atoms with E-state index in [1.54, 1.807) is 36.4 Å². The molecule has 0 radical (unpaired) electrons. The van der Waals surface area contributed by atoms with E-state index in [4.69, 9.17) is 32.9 Å². The number of carbonyl (C=O) groups is 2. The van der Waals surface area contributed by atoms with E-state index in [0.717, 1.165) is 11.1 Å². The maximum Gasteiger partial charge on any atom is 0.319 e. The number of amides is 3. The summed E-state index contributed by atoms with van der Waals surface area (Å²) in [6, 6.07) is 18.9. The number of urea groups is 1. The van der Waals surface area contributed by atoms with Gasteiger partial charge in [-0.15, -0.1) is 0 Å². The van der Waals surface area contributed by atoms with Gasteiger partial charge in [-0.05, 0) is 48.9 Å². The van der Waals surface area contributed by atoms with Crippen molar-refractivity contribution in [3.63, 3.8) is 0 Å². The molecule has 0 spiro atoms. The van der Waals surface area contributed by atoms with Crippen molar-refractivity contribution < 1.29 is 14.3 Å². The molecule has 0 aromatic heterocycles. The molecule has 0 bridgehead atoms. The van der Waals surface area contributed by atoms with E-state index in [1.807, 2.05) is 37.3 Å². The second-order valence-electron chi connectivity index (χ2n) is 8.12. The second-order valence-corrected chi connectivity index (χ2v) is 8.97. The van der Waals surface area contributed by atoms with Gasteiger partial charge in [-0.2, -0.15) is 0 Å². The maximum absolute atomic E-state index is 13.1. The van der Waals surface area contributed by atoms with Gasteiger partial charge in [0.1, 0.15) is 6.04 Å². The smallest absolute Gasteiger partial charge is 0.319 e. The first kappa shape index (κ1) is 25.7. The minimum atomic E-state index is -0.694. The molecule has 3 amide bonds. The molecule has 3 N–H and O–H groups in total. The van der Waals surface area contributed by atoms with E-state index in [-0.39, 0.29) is 11.9 Å². The Labute approximate surface area is 219 Å². The summed E-state index contributed by atoms with van der Waals surface area (Å²) >= 11 is 12.7. The molecule has 4 rings (SSSR count). The lowest BCUT2D eigenvalue weighted by molar-refractivity contribution is -0.117. The molecule has 0 aliphatic carbocycles. The molecule has 36 heavy (non-hydrogen) atoms. The molecule has 7 nitrogen and oxygen atoms in total. The zero-order valence-corrected chi connectivity index (χ0v) is 21.2. The largest absolute Gasteiger partial charge is 0.380 e. The molecule has 1 unspecified atom stereocenters. The fourth-order valence-corrected chi connectivity index (χ4v) is 4.21. The fourth-order valence-electron chi connectivity index (χ4n) is 3.83. The van der Waals surface area contributed by atoms with Crippen molar-refractivity contribution >= 4 is 52.2 Å². The molecule has 1 aliphatic heterocycles.